The first-order chi connectivity index (χ1) is 14.5. The lowest BCUT2D eigenvalue weighted by Crippen LogP contribution is -2.18. The second-order valence-corrected chi connectivity index (χ2v) is 8.72. The maximum Gasteiger partial charge on any atom is 0.337 e. The van der Waals surface area contributed by atoms with E-state index in [-0.39, 0.29) is 16.6 Å². The number of thiazole rings is 1. The van der Waals surface area contributed by atoms with Crippen molar-refractivity contribution in [1.29, 1.82) is 0 Å². The van der Waals surface area contributed by atoms with Crippen LogP contribution in [0.1, 0.15) is 48.7 Å². The predicted molar refractivity (Wildman–Crippen MR) is 121 cm³/mol. The zero-order valence-electron chi connectivity index (χ0n) is 16.7. The highest BCUT2D eigenvalue weighted by atomic mass is 35.5. The Morgan fingerprint density at radius 2 is 2.00 bits per heavy atom. The van der Waals surface area contributed by atoms with Crippen LogP contribution in [0.2, 0.25) is 5.02 Å². The average molecular weight is 440 g/mol. The molecule has 5 nitrogen and oxygen atoms in total. The average Bonchev–Trinajstić information content (AvgIpc) is 3.40. The molecule has 1 unspecified atom stereocenters. The molecule has 2 aromatic heterocycles. The van der Waals surface area contributed by atoms with Crippen LogP contribution in [0.15, 0.2) is 55.1 Å². The van der Waals surface area contributed by atoms with Gasteiger partial charge >= 0.3 is 5.97 Å². The van der Waals surface area contributed by atoms with E-state index in [0.29, 0.717) is 5.92 Å². The summed E-state index contributed by atoms with van der Waals surface area (Å²) < 4.78 is 3.28. The Bertz CT molecular complexity index is 1180. The molecule has 0 fully saturated rings. The van der Waals surface area contributed by atoms with E-state index in [0.717, 1.165) is 33.6 Å². The zero-order valence-corrected chi connectivity index (χ0v) is 18.3. The lowest BCUT2D eigenvalue weighted by Gasteiger charge is -2.27. The van der Waals surface area contributed by atoms with E-state index in [2.05, 4.69) is 41.6 Å². The smallest absolute Gasteiger partial charge is 0.337 e. The van der Waals surface area contributed by atoms with E-state index in [1.54, 1.807) is 23.5 Å². The molecule has 0 aliphatic rings. The van der Waals surface area contributed by atoms with Crippen LogP contribution in [0.5, 0.6) is 0 Å². The molecule has 154 valence electrons. The fourth-order valence-corrected chi connectivity index (χ4v) is 5.20. The van der Waals surface area contributed by atoms with Crippen molar-refractivity contribution in [2.45, 2.75) is 32.7 Å². The third kappa shape index (κ3) is 3.85. The summed E-state index contributed by atoms with van der Waals surface area (Å²) in [5, 5.41) is 10.2. The Morgan fingerprint density at radius 1 is 1.20 bits per heavy atom. The van der Waals surface area contributed by atoms with E-state index in [4.69, 9.17) is 16.6 Å². The third-order valence-electron chi connectivity index (χ3n) is 5.54. The molecule has 0 amide bonds. The van der Waals surface area contributed by atoms with Gasteiger partial charge in [0.2, 0.25) is 0 Å². The minimum absolute atomic E-state index is 0.0946. The first-order valence-electron chi connectivity index (χ1n) is 9.93. The van der Waals surface area contributed by atoms with E-state index in [1.165, 1.54) is 11.6 Å². The molecule has 0 bridgehead atoms. The number of carboxylic acid groups (broad SMARTS) is 1. The van der Waals surface area contributed by atoms with Crippen molar-refractivity contribution in [2.24, 2.45) is 5.92 Å². The number of nitrogens with zero attached hydrogens (tertiary/aromatic N) is 3. The van der Waals surface area contributed by atoms with Crippen LogP contribution in [0.4, 0.5) is 0 Å². The van der Waals surface area contributed by atoms with Crippen molar-refractivity contribution in [3.63, 3.8) is 0 Å². The van der Waals surface area contributed by atoms with Crippen LogP contribution >= 0.6 is 22.9 Å². The van der Waals surface area contributed by atoms with Gasteiger partial charge in [0.05, 0.1) is 33.2 Å². The number of imidazole rings is 1. The predicted octanol–water partition coefficient (Wildman–Crippen LogP) is 6.54. The van der Waals surface area contributed by atoms with Crippen molar-refractivity contribution in [2.75, 3.05) is 0 Å². The summed E-state index contributed by atoms with van der Waals surface area (Å²) in [7, 11) is 0. The number of rotatable bonds is 7. The normalized spacial score (nSPS) is 12.5. The van der Waals surface area contributed by atoms with Crippen LogP contribution in [-0.2, 0) is 0 Å². The van der Waals surface area contributed by atoms with Crippen LogP contribution < -0.4 is 0 Å². The molecule has 0 aliphatic heterocycles. The molecule has 0 saturated carbocycles. The minimum atomic E-state index is -1.03. The Kier molecular flexibility index (Phi) is 5.88. The molecule has 0 spiro atoms. The van der Waals surface area contributed by atoms with Gasteiger partial charge in [-0.25, -0.2) is 14.8 Å². The molecule has 4 aromatic rings. The van der Waals surface area contributed by atoms with Crippen molar-refractivity contribution in [3.8, 4) is 10.6 Å². The molecule has 4 rings (SSSR count). The molecule has 1 atom stereocenters. The summed E-state index contributed by atoms with van der Waals surface area (Å²) in [6.45, 7) is 4.46. The SMILES string of the molecule is CCC(CC)C(c1ccc2nc(-c3ccc(C(=O)O)c(Cl)c3)sc2c1)n1ccnc1. The van der Waals surface area contributed by atoms with E-state index >= 15 is 0 Å². The molecule has 1 N–H and O–H groups in total. The van der Waals surface area contributed by atoms with Gasteiger partial charge in [-0.15, -0.1) is 11.3 Å². The van der Waals surface area contributed by atoms with Crippen molar-refractivity contribution in [1.82, 2.24) is 14.5 Å². The molecule has 0 saturated heterocycles. The van der Waals surface area contributed by atoms with E-state index in [9.17, 15) is 9.90 Å². The molecule has 7 heteroatoms. The van der Waals surface area contributed by atoms with Gasteiger partial charge < -0.3 is 9.67 Å². The molecule has 2 heterocycles. The Labute approximate surface area is 184 Å². The number of fused-ring (bicyclic) bond motifs is 1. The van der Waals surface area contributed by atoms with Gasteiger partial charge in [0.25, 0.3) is 0 Å². The molecule has 0 aliphatic carbocycles. The van der Waals surface area contributed by atoms with Crippen molar-refractivity contribution < 1.29 is 9.90 Å². The fraction of sp³-hybridized carbons (Fsp3) is 0.261. The first-order valence-corrected chi connectivity index (χ1v) is 11.1. The summed E-state index contributed by atoms with van der Waals surface area (Å²) in [6.07, 6.45) is 7.90. The quantitative estimate of drug-likeness (QED) is 0.355. The number of carbonyl (C=O) groups is 1. The van der Waals surface area contributed by atoms with Crippen molar-refractivity contribution >= 4 is 39.1 Å². The van der Waals surface area contributed by atoms with E-state index < -0.39 is 5.97 Å². The third-order valence-corrected chi connectivity index (χ3v) is 6.92. The van der Waals surface area contributed by atoms with Gasteiger partial charge in [-0.05, 0) is 35.7 Å². The number of hydrogen-bond acceptors (Lipinski definition) is 4. The lowest BCUT2D eigenvalue weighted by atomic mass is 9.88. The van der Waals surface area contributed by atoms with Gasteiger partial charge in [0.15, 0.2) is 0 Å². The van der Waals surface area contributed by atoms with Crippen LogP contribution in [0, 0.1) is 5.92 Å². The van der Waals surface area contributed by atoms with E-state index in [1.807, 2.05) is 18.7 Å². The van der Waals surface area contributed by atoms with Gasteiger partial charge in [-0.2, -0.15) is 0 Å². The molecular weight excluding hydrogens is 418 g/mol. The van der Waals surface area contributed by atoms with Crippen LogP contribution in [0.25, 0.3) is 20.8 Å². The second kappa shape index (κ2) is 8.58. The number of aromatic carboxylic acids is 1. The highest BCUT2D eigenvalue weighted by Crippen LogP contribution is 2.37. The van der Waals surface area contributed by atoms with Gasteiger partial charge in [0, 0.05) is 18.0 Å². The fourth-order valence-electron chi connectivity index (χ4n) is 3.93. The summed E-state index contributed by atoms with van der Waals surface area (Å²) in [6, 6.07) is 11.6. The van der Waals surface area contributed by atoms with Gasteiger partial charge in [-0.1, -0.05) is 50.4 Å². The highest BCUT2D eigenvalue weighted by molar-refractivity contribution is 7.21. The van der Waals surface area contributed by atoms with Crippen LogP contribution in [-0.4, -0.2) is 25.6 Å². The highest BCUT2D eigenvalue weighted by Gasteiger charge is 2.23. The number of hydrogen-bond donors (Lipinski definition) is 1. The van der Waals surface area contributed by atoms with Gasteiger partial charge in [0.1, 0.15) is 5.01 Å². The second-order valence-electron chi connectivity index (χ2n) is 7.28. The minimum Gasteiger partial charge on any atom is -0.478 e. The Hall–Kier alpha value is -2.70. The largest absolute Gasteiger partial charge is 0.478 e. The zero-order chi connectivity index (χ0) is 21.3. The molecule has 2 aromatic carbocycles. The maximum absolute atomic E-state index is 11.2. The number of benzene rings is 2. The first kappa shape index (κ1) is 20.6. The molecular formula is C23H22ClN3O2S. The van der Waals surface area contributed by atoms with Crippen molar-refractivity contribution in [3.05, 3.63) is 71.3 Å². The summed E-state index contributed by atoms with van der Waals surface area (Å²) in [5.41, 5.74) is 3.07. The maximum atomic E-state index is 11.2. The standard InChI is InChI=1S/C23H22ClN3O2S/c1-3-14(4-2)21(27-10-9-25-13-27)15-6-8-19-20(12-15)30-22(26-19)16-5-7-17(23(28)29)18(24)11-16/h5-14,21H,3-4H2,1-2H3,(H,28,29). The Morgan fingerprint density at radius 3 is 2.63 bits per heavy atom. The number of carboxylic acids is 1. The summed E-state index contributed by atoms with van der Waals surface area (Å²) in [5.74, 6) is -0.529. The topological polar surface area (TPSA) is 68.0 Å². The molecule has 30 heavy (non-hydrogen) atoms. The number of aromatic nitrogens is 3. The Balaban J connectivity index is 1.75. The summed E-state index contributed by atoms with van der Waals surface area (Å²) >= 11 is 7.74. The monoisotopic (exact) mass is 439 g/mol. The van der Waals surface area contributed by atoms with Gasteiger partial charge in [-0.3, -0.25) is 0 Å². The number of halogens is 1. The lowest BCUT2D eigenvalue weighted by molar-refractivity contribution is 0.0697. The summed E-state index contributed by atoms with van der Waals surface area (Å²) in [4.78, 5) is 20.2. The molecule has 0 radical (unpaired) electrons. The van der Waals surface area contributed by atoms with Crippen LogP contribution in [0.3, 0.4) is 0 Å².